The second kappa shape index (κ2) is 3.42. The Balaban J connectivity index is 1.41. The van der Waals surface area contributed by atoms with Crippen LogP contribution < -0.4 is 0 Å². The molecular formula is C14H22S. The second-order valence-electron chi connectivity index (χ2n) is 6.42. The molecule has 0 aromatic heterocycles. The first kappa shape index (κ1) is 9.39. The molecule has 0 N–H and O–H groups in total. The average molecular weight is 222 g/mol. The predicted octanol–water partition coefficient (Wildman–Crippen LogP) is 4.10. The Morgan fingerprint density at radius 3 is 1.00 bits per heavy atom. The minimum absolute atomic E-state index is 1.11. The van der Waals surface area contributed by atoms with Gasteiger partial charge in [0, 0.05) is 10.5 Å². The Bertz CT molecular complexity index is 196. The van der Waals surface area contributed by atoms with E-state index in [1.807, 2.05) is 0 Å². The predicted molar refractivity (Wildman–Crippen MR) is 66.1 cm³/mol. The Labute approximate surface area is 97.6 Å². The summed E-state index contributed by atoms with van der Waals surface area (Å²) in [5, 5.41) is 2.22. The highest BCUT2D eigenvalue weighted by Crippen LogP contribution is 2.58. The van der Waals surface area contributed by atoms with E-state index in [2.05, 4.69) is 11.8 Å². The molecule has 4 saturated carbocycles. The van der Waals surface area contributed by atoms with Crippen LogP contribution in [0.3, 0.4) is 0 Å². The van der Waals surface area contributed by atoms with Crippen LogP contribution in [-0.4, -0.2) is 10.5 Å². The first-order valence-corrected chi connectivity index (χ1v) is 8.01. The highest BCUT2D eigenvalue weighted by molar-refractivity contribution is 8.00. The van der Waals surface area contributed by atoms with Gasteiger partial charge in [-0.2, -0.15) is 11.8 Å². The van der Waals surface area contributed by atoms with Gasteiger partial charge in [0.2, 0.25) is 0 Å². The number of hydrogen-bond donors (Lipinski definition) is 0. The lowest BCUT2D eigenvalue weighted by Crippen LogP contribution is -2.18. The molecule has 4 fully saturated rings. The summed E-state index contributed by atoms with van der Waals surface area (Å²) in [6.07, 6.45) is 12.5. The second-order valence-corrected chi connectivity index (χ2v) is 7.78. The van der Waals surface area contributed by atoms with Crippen molar-refractivity contribution in [3.05, 3.63) is 0 Å². The quantitative estimate of drug-likeness (QED) is 0.652. The molecule has 0 spiro atoms. The van der Waals surface area contributed by atoms with Gasteiger partial charge < -0.3 is 0 Å². The molecule has 15 heavy (non-hydrogen) atoms. The van der Waals surface area contributed by atoms with Crippen LogP contribution in [0.4, 0.5) is 0 Å². The largest absolute Gasteiger partial charge is 0.154 e. The molecule has 0 saturated heterocycles. The molecule has 0 aliphatic heterocycles. The first-order valence-electron chi connectivity index (χ1n) is 7.07. The number of rotatable bonds is 6. The van der Waals surface area contributed by atoms with E-state index in [4.69, 9.17) is 0 Å². The fourth-order valence-electron chi connectivity index (χ4n) is 3.09. The lowest BCUT2D eigenvalue weighted by Gasteiger charge is -2.23. The van der Waals surface area contributed by atoms with E-state index >= 15 is 0 Å². The monoisotopic (exact) mass is 222 g/mol. The molecule has 0 radical (unpaired) electrons. The Kier molecular flexibility index (Phi) is 2.14. The first-order chi connectivity index (χ1) is 7.42. The molecule has 4 aliphatic rings. The van der Waals surface area contributed by atoms with Crippen LogP contribution in [0.15, 0.2) is 0 Å². The van der Waals surface area contributed by atoms with Crippen molar-refractivity contribution >= 4 is 11.8 Å². The van der Waals surface area contributed by atoms with Crippen molar-refractivity contribution in [3.8, 4) is 0 Å². The van der Waals surface area contributed by atoms with Gasteiger partial charge >= 0.3 is 0 Å². The zero-order valence-corrected chi connectivity index (χ0v) is 10.3. The van der Waals surface area contributed by atoms with E-state index in [1.54, 1.807) is 51.4 Å². The van der Waals surface area contributed by atoms with Crippen molar-refractivity contribution in [2.45, 2.75) is 61.9 Å². The van der Waals surface area contributed by atoms with E-state index in [0.717, 1.165) is 34.2 Å². The smallest absolute Gasteiger partial charge is 0.0107 e. The van der Waals surface area contributed by atoms with Crippen LogP contribution in [0.5, 0.6) is 0 Å². The zero-order chi connectivity index (χ0) is 9.83. The van der Waals surface area contributed by atoms with Gasteiger partial charge in [0.15, 0.2) is 0 Å². The summed E-state index contributed by atoms with van der Waals surface area (Å²) < 4.78 is 0. The van der Waals surface area contributed by atoms with Crippen molar-refractivity contribution in [3.63, 3.8) is 0 Å². The van der Waals surface area contributed by atoms with Crippen LogP contribution >= 0.6 is 11.8 Å². The topological polar surface area (TPSA) is 0 Å². The maximum Gasteiger partial charge on any atom is 0.0107 e. The molecule has 84 valence electrons. The molecule has 0 nitrogen and oxygen atoms in total. The summed E-state index contributed by atoms with van der Waals surface area (Å²) in [5.41, 5.74) is 0. The van der Waals surface area contributed by atoms with Crippen molar-refractivity contribution < 1.29 is 0 Å². The van der Waals surface area contributed by atoms with Crippen LogP contribution in [0.1, 0.15) is 51.4 Å². The molecule has 0 bridgehead atoms. The highest BCUT2D eigenvalue weighted by Gasteiger charge is 2.48. The normalized spacial score (nSPS) is 31.6. The Morgan fingerprint density at radius 2 is 0.800 bits per heavy atom. The van der Waals surface area contributed by atoms with Crippen LogP contribution in [0, 0.1) is 23.7 Å². The van der Waals surface area contributed by atoms with E-state index in [9.17, 15) is 0 Å². The molecule has 4 rings (SSSR count). The molecule has 0 amide bonds. The van der Waals surface area contributed by atoms with Crippen molar-refractivity contribution in [2.75, 3.05) is 0 Å². The molecule has 0 aromatic carbocycles. The molecule has 0 aromatic rings. The van der Waals surface area contributed by atoms with Crippen molar-refractivity contribution in [1.82, 2.24) is 0 Å². The standard InChI is InChI=1S/C14H22S/c1-2-9(1)13(10-3-4-10)15-14(11-5-6-11)12-7-8-12/h9-14H,1-8H2. The Hall–Kier alpha value is 0.350. The maximum atomic E-state index is 2.47. The minimum atomic E-state index is 1.11. The molecule has 0 unspecified atom stereocenters. The van der Waals surface area contributed by atoms with Gasteiger partial charge in [-0.1, -0.05) is 0 Å². The average Bonchev–Trinajstić information content (AvgIpc) is 3.02. The lowest BCUT2D eigenvalue weighted by molar-refractivity contribution is 0.633. The lowest BCUT2D eigenvalue weighted by atomic mass is 10.2. The van der Waals surface area contributed by atoms with E-state index in [-0.39, 0.29) is 0 Å². The molecule has 0 atom stereocenters. The van der Waals surface area contributed by atoms with E-state index < -0.39 is 0 Å². The van der Waals surface area contributed by atoms with Gasteiger partial charge in [0.25, 0.3) is 0 Å². The summed E-state index contributed by atoms with van der Waals surface area (Å²) in [6.45, 7) is 0. The third-order valence-electron chi connectivity index (χ3n) is 4.66. The van der Waals surface area contributed by atoms with Crippen molar-refractivity contribution in [2.24, 2.45) is 23.7 Å². The molecular weight excluding hydrogens is 200 g/mol. The third-order valence-corrected chi connectivity index (χ3v) is 6.83. The van der Waals surface area contributed by atoms with Crippen molar-refractivity contribution in [1.29, 1.82) is 0 Å². The summed E-state index contributed by atoms with van der Waals surface area (Å²) in [7, 11) is 0. The highest BCUT2D eigenvalue weighted by atomic mass is 32.2. The zero-order valence-electron chi connectivity index (χ0n) is 9.53. The van der Waals surface area contributed by atoms with Gasteiger partial charge in [-0.25, -0.2) is 0 Å². The number of hydrogen-bond acceptors (Lipinski definition) is 1. The van der Waals surface area contributed by atoms with Crippen LogP contribution in [0.2, 0.25) is 0 Å². The van der Waals surface area contributed by atoms with Gasteiger partial charge in [0.1, 0.15) is 0 Å². The third kappa shape index (κ3) is 2.09. The van der Waals surface area contributed by atoms with Gasteiger partial charge in [0.05, 0.1) is 0 Å². The number of thioether (sulfide) groups is 1. The van der Waals surface area contributed by atoms with E-state index in [1.165, 1.54) is 0 Å². The molecule has 4 aliphatic carbocycles. The fourth-order valence-corrected chi connectivity index (χ4v) is 5.44. The van der Waals surface area contributed by atoms with Crippen LogP contribution in [-0.2, 0) is 0 Å². The summed E-state index contributed by atoms with van der Waals surface area (Å²) >= 11 is 2.47. The molecule has 1 heteroatoms. The Morgan fingerprint density at radius 1 is 0.533 bits per heavy atom. The minimum Gasteiger partial charge on any atom is -0.154 e. The van der Waals surface area contributed by atoms with Gasteiger partial charge in [-0.15, -0.1) is 0 Å². The fraction of sp³-hybridized carbons (Fsp3) is 1.00. The SMILES string of the molecule is C1CC1C(SC(C1CC1)C1CC1)C1CC1. The maximum absolute atomic E-state index is 2.47. The van der Waals surface area contributed by atoms with E-state index in [0.29, 0.717) is 0 Å². The van der Waals surface area contributed by atoms with Gasteiger partial charge in [-0.3, -0.25) is 0 Å². The summed E-state index contributed by atoms with van der Waals surface area (Å²) in [6, 6.07) is 0. The summed E-state index contributed by atoms with van der Waals surface area (Å²) in [5.74, 6) is 4.62. The summed E-state index contributed by atoms with van der Waals surface area (Å²) in [4.78, 5) is 0. The molecule has 0 heterocycles. The van der Waals surface area contributed by atoms with Gasteiger partial charge in [-0.05, 0) is 75.0 Å². The van der Waals surface area contributed by atoms with Crippen LogP contribution in [0.25, 0.3) is 0 Å².